The number of nitrogens with one attached hydrogen (secondary N) is 1. The van der Waals surface area contributed by atoms with E-state index < -0.39 is 23.2 Å². The third-order valence-corrected chi connectivity index (χ3v) is 3.25. The number of carbonyl (C=O) groups is 1. The van der Waals surface area contributed by atoms with E-state index in [-0.39, 0.29) is 5.56 Å². The van der Waals surface area contributed by atoms with Crippen LogP contribution in [0.4, 0.5) is 13.2 Å². The van der Waals surface area contributed by atoms with Crippen LogP contribution in [-0.2, 0) is 6.18 Å². The van der Waals surface area contributed by atoms with Crippen LogP contribution in [0.3, 0.4) is 0 Å². The van der Waals surface area contributed by atoms with Crippen LogP contribution in [-0.4, -0.2) is 11.4 Å². The Balaban J connectivity index is 2.92. The zero-order chi connectivity index (χ0) is 15.4. The Morgan fingerprint density at radius 3 is 2.05 bits per heavy atom. The second-order valence-corrected chi connectivity index (χ2v) is 4.43. The molecule has 0 heterocycles. The Morgan fingerprint density at radius 1 is 1.20 bits per heavy atom. The third-order valence-electron chi connectivity index (χ3n) is 3.25. The predicted molar refractivity (Wildman–Crippen MR) is 67.8 cm³/mol. The molecule has 0 saturated carbocycles. The molecule has 108 valence electrons. The number of nitrogens with zero attached hydrogens (tertiary/aromatic N) is 1. The van der Waals surface area contributed by atoms with Gasteiger partial charge in [0, 0.05) is 5.56 Å². The Bertz CT molecular complexity index is 511. The molecule has 1 N–H and O–H groups in total. The predicted octanol–water partition coefficient (Wildman–Crippen LogP) is 3.52. The topological polar surface area (TPSA) is 52.9 Å². The minimum Gasteiger partial charge on any atom is -0.334 e. The van der Waals surface area contributed by atoms with Crippen molar-refractivity contribution in [1.29, 1.82) is 5.26 Å². The third kappa shape index (κ3) is 3.50. The largest absolute Gasteiger partial charge is 0.416 e. The summed E-state index contributed by atoms with van der Waals surface area (Å²) in [6, 6.07) is 5.94. The zero-order valence-corrected chi connectivity index (χ0v) is 11.2. The first kappa shape index (κ1) is 16.0. The van der Waals surface area contributed by atoms with Crippen molar-refractivity contribution in [2.24, 2.45) is 0 Å². The summed E-state index contributed by atoms with van der Waals surface area (Å²) in [5, 5.41) is 11.7. The first-order valence-electron chi connectivity index (χ1n) is 6.19. The van der Waals surface area contributed by atoms with E-state index in [1.807, 2.05) is 6.07 Å². The Morgan fingerprint density at radius 2 is 1.70 bits per heavy atom. The summed E-state index contributed by atoms with van der Waals surface area (Å²) >= 11 is 0. The monoisotopic (exact) mass is 284 g/mol. The molecule has 0 bridgehead atoms. The first-order valence-corrected chi connectivity index (χ1v) is 6.19. The maximum absolute atomic E-state index is 12.4. The minimum atomic E-state index is -4.43. The van der Waals surface area contributed by atoms with Gasteiger partial charge in [-0.25, -0.2) is 0 Å². The van der Waals surface area contributed by atoms with Crippen LogP contribution >= 0.6 is 0 Å². The fourth-order valence-corrected chi connectivity index (χ4v) is 1.71. The highest BCUT2D eigenvalue weighted by atomic mass is 19.4. The van der Waals surface area contributed by atoms with Crippen LogP contribution < -0.4 is 5.32 Å². The lowest BCUT2D eigenvalue weighted by atomic mass is 9.94. The van der Waals surface area contributed by atoms with Gasteiger partial charge in [0.1, 0.15) is 5.54 Å². The van der Waals surface area contributed by atoms with Crippen molar-refractivity contribution < 1.29 is 18.0 Å². The molecule has 0 radical (unpaired) electrons. The Kier molecular flexibility index (Phi) is 4.77. The normalized spacial score (nSPS) is 11.8. The second kappa shape index (κ2) is 5.95. The van der Waals surface area contributed by atoms with E-state index in [0.29, 0.717) is 12.8 Å². The van der Waals surface area contributed by atoms with Gasteiger partial charge in [-0.15, -0.1) is 0 Å². The quantitative estimate of drug-likeness (QED) is 0.919. The van der Waals surface area contributed by atoms with E-state index in [9.17, 15) is 18.0 Å². The van der Waals surface area contributed by atoms with E-state index in [1.165, 1.54) is 0 Å². The van der Waals surface area contributed by atoms with Crippen molar-refractivity contribution >= 4 is 5.91 Å². The molecule has 1 rings (SSSR count). The van der Waals surface area contributed by atoms with Crippen molar-refractivity contribution in [3.05, 3.63) is 35.4 Å². The lowest BCUT2D eigenvalue weighted by Gasteiger charge is -2.24. The molecule has 0 atom stereocenters. The molecule has 0 aromatic heterocycles. The molecule has 0 aliphatic carbocycles. The lowest BCUT2D eigenvalue weighted by molar-refractivity contribution is -0.137. The van der Waals surface area contributed by atoms with Crippen molar-refractivity contribution in [3.63, 3.8) is 0 Å². The van der Waals surface area contributed by atoms with Gasteiger partial charge in [0.25, 0.3) is 5.91 Å². The number of benzene rings is 1. The number of amides is 1. The zero-order valence-electron chi connectivity index (χ0n) is 11.2. The highest BCUT2D eigenvalue weighted by Crippen LogP contribution is 2.29. The standard InChI is InChI=1S/C14H15F3N2O/c1-3-13(4-2,9-18)19-12(20)10-5-7-11(8-6-10)14(15,16)17/h5-8H,3-4H2,1-2H3,(H,19,20). The molecular weight excluding hydrogens is 269 g/mol. The summed E-state index contributed by atoms with van der Waals surface area (Å²) in [7, 11) is 0. The molecule has 0 aliphatic heterocycles. The maximum Gasteiger partial charge on any atom is 0.416 e. The fourth-order valence-electron chi connectivity index (χ4n) is 1.71. The van der Waals surface area contributed by atoms with Crippen molar-refractivity contribution in [2.75, 3.05) is 0 Å². The van der Waals surface area contributed by atoms with Crippen LogP contribution in [0.2, 0.25) is 0 Å². The Labute approximate surface area is 115 Å². The molecule has 1 amide bonds. The molecule has 1 aromatic carbocycles. The van der Waals surface area contributed by atoms with Gasteiger partial charge in [0.2, 0.25) is 0 Å². The van der Waals surface area contributed by atoms with Crippen molar-refractivity contribution in [1.82, 2.24) is 5.32 Å². The van der Waals surface area contributed by atoms with E-state index in [4.69, 9.17) is 5.26 Å². The van der Waals surface area contributed by atoms with E-state index >= 15 is 0 Å². The first-order chi connectivity index (χ1) is 9.28. The van der Waals surface area contributed by atoms with Crippen molar-refractivity contribution in [2.45, 2.75) is 38.4 Å². The molecule has 20 heavy (non-hydrogen) atoms. The number of alkyl halides is 3. The summed E-state index contributed by atoms with van der Waals surface area (Å²) in [6.45, 7) is 3.53. The summed E-state index contributed by atoms with van der Waals surface area (Å²) in [5.41, 5.74) is -1.70. The van der Waals surface area contributed by atoms with Crippen LogP contribution in [0, 0.1) is 11.3 Å². The molecule has 0 fully saturated rings. The lowest BCUT2D eigenvalue weighted by Crippen LogP contribution is -2.46. The molecule has 3 nitrogen and oxygen atoms in total. The van der Waals surface area contributed by atoms with Crippen LogP contribution in [0.25, 0.3) is 0 Å². The number of rotatable bonds is 4. The van der Waals surface area contributed by atoms with Gasteiger partial charge in [-0.3, -0.25) is 4.79 Å². The molecule has 0 saturated heterocycles. The van der Waals surface area contributed by atoms with Crippen molar-refractivity contribution in [3.8, 4) is 6.07 Å². The minimum absolute atomic E-state index is 0.0968. The number of carbonyl (C=O) groups excluding carboxylic acids is 1. The number of hydrogen-bond acceptors (Lipinski definition) is 2. The van der Waals surface area contributed by atoms with Gasteiger partial charge in [-0.1, -0.05) is 13.8 Å². The smallest absolute Gasteiger partial charge is 0.334 e. The van der Waals surface area contributed by atoms with Gasteiger partial charge < -0.3 is 5.32 Å². The molecule has 6 heteroatoms. The average Bonchev–Trinajstić information content (AvgIpc) is 2.44. The van der Waals surface area contributed by atoms with Crippen LogP contribution in [0.15, 0.2) is 24.3 Å². The van der Waals surface area contributed by atoms with Crippen LogP contribution in [0.5, 0.6) is 0 Å². The SMILES string of the molecule is CCC(C#N)(CC)NC(=O)c1ccc(C(F)(F)F)cc1. The van der Waals surface area contributed by atoms with Gasteiger partial charge in [-0.2, -0.15) is 18.4 Å². The second-order valence-electron chi connectivity index (χ2n) is 4.43. The highest BCUT2D eigenvalue weighted by molar-refractivity contribution is 5.95. The summed E-state index contributed by atoms with van der Waals surface area (Å²) in [4.78, 5) is 12.0. The molecule has 0 spiro atoms. The average molecular weight is 284 g/mol. The summed E-state index contributed by atoms with van der Waals surface area (Å²) in [6.07, 6.45) is -3.59. The Hall–Kier alpha value is -2.03. The van der Waals surface area contributed by atoms with E-state index in [2.05, 4.69) is 5.32 Å². The fraction of sp³-hybridized carbons (Fsp3) is 0.429. The molecule has 0 aliphatic rings. The van der Waals surface area contributed by atoms with E-state index in [1.54, 1.807) is 13.8 Å². The molecular formula is C14H15F3N2O. The number of halogens is 3. The van der Waals surface area contributed by atoms with Gasteiger partial charge in [-0.05, 0) is 37.1 Å². The number of hydrogen-bond donors (Lipinski definition) is 1. The van der Waals surface area contributed by atoms with E-state index in [0.717, 1.165) is 24.3 Å². The summed E-state index contributed by atoms with van der Waals surface area (Å²) < 4.78 is 37.2. The number of nitriles is 1. The maximum atomic E-state index is 12.4. The van der Waals surface area contributed by atoms with Gasteiger partial charge in [0.15, 0.2) is 0 Å². The highest BCUT2D eigenvalue weighted by Gasteiger charge is 2.31. The molecule has 0 unspecified atom stereocenters. The van der Waals surface area contributed by atoms with Gasteiger partial charge >= 0.3 is 6.18 Å². The molecule has 1 aromatic rings. The van der Waals surface area contributed by atoms with Gasteiger partial charge in [0.05, 0.1) is 11.6 Å². The summed E-state index contributed by atoms with van der Waals surface area (Å²) in [5.74, 6) is -0.552. The van der Waals surface area contributed by atoms with Crippen LogP contribution in [0.1, 0.15) is 42.6 Å².